The monoisotopic (exact) mass is 362 g/mol. The van der Waals surface area contributed by atoms with Crippen LogP contribution in [0.1, 0.15) is 5.56 Å². The summed E-state index contributed by atoms with van der Waals surface area (Å²) in [6.07, 6.45) is 0.431. The predicted molar refractivity (Wildman–Crippen MR) is 96.5 cm³/mol. The lowest BCUT2D eigenvalue weighted by Crippen LogP contribution is -2.38. The second kappa shape index (κ2) is 10.1. The highest BCUT2D eigenvalue weighted by Gasteiger charge is 2.05. The zero-order valence-corrected chi connectivity index (χ0v) is 14.9. The maximum Gasteiger partial charge on any atom is 0.314 e. The molecule has 0 aliphatic heterocycles. The van der Waals surface area contributed by atoms with Crippen LogP contribution in [-0.4, -0.2) is 39.9 Å². The Hall–Kier alpha value is -2.96. The molecule has 0 aliphatic rings. The average Bonchev–Trinajstić information content (AvgIpc) is 2.66. The van der Waals surface area contributed by atoms with E-state index in [1.165, 1.54) is 6.07 Å². The van der Waals surface area contributed by atoms with Crippen LogP contribution in [0.3, 0.4) is 0 Å². The molecule has 0 saturated carbocycles. The van der Waals surface area contributed by atoms with Gasteiger partial charge in [0.25, 0.3) is 0 Å². The molecule has 0 fully saturated rings. The van der Waals surface area contributed by atoms with Crippen molar-refractivity contribution in [3.63, 3.8) is 0 Å². The lowest BCUT2D eigenvalue weighted by Gasteiger charge is -2.11. The minimum absolute atomic E-state index is 0.267. The second-order valence-corrected chi connectivity index (χ2v) is 5.42. The number of methoxy groups -OCH3 is 2. The fourth-order valence-electron chi connectivity index (χ4n) is 2.27. The molecule has 0 unspecified atom stereocenters. The van der Waals surface area contributed by atoms with Crippen molar-refractivity contribution < 1.29 is 23.4 Å². The van der Waals surface area contributed by atoms with Crippen LogP contribution in [0, 0.1) is 5.82 Å². The number of carbonyl (C=O) groups is 1. The van der Waals surface area contributed by atoms with Crippen molar-refractivity contribution in [3.8, 4) is 17.2 Å². The van der Waals surface area contributed by atoms with Crippen molar-refractivity contribution >= 4 is 6.03 Å². The summed E-state index contributed by atoms with van der Waals surface area (Å²) in [6.45, 7) is 0.961. The molecule has 0 spiro atoms. The van der Waals surface area contributed by atoms with Gasteiger partial charge >= 0.3 is 6.03 Å². The van der Waals surface area contributed by atoms with E-state index in [1.807, 2.05) is 0 Å². The number of amides is 2. The van der Waals surface area contributed by atoms with Crippen molar-refractivity contribution in [1.82, 2.24) is 10.6 Å². The molecule has 0 radical (unpaired) electrons. The van der Waals surface area contributed by atoms with Gasteiger partial charge in [-0.1, -0.05) is 18.2 Å². The third kappa shape index (κ3) is 6.16. The number of hydrogen-bond donors (Lipinski definition) is 2. The number of urea groups is 1. The molecule has 2 aromatic carbocycles. The summed E-state index contributed by atoms with van der Waals surface area (Å²) in [5, 5.41) is 5.36. The van der Waals surface area contributed by atoms with Crippen molar-refractivity contribution in [1.29, 1.82) is 0 Å². The van der Waals surface area contributed by atoms with Gasteiger partial charge in [0.2, 0.25) is 0 Å². The van der Waals surface area contributed by atoms with Crippen LogP contribution in [-0.2, 0) is 6.42 Å². The van der Waals surface area contributed by atoms with Gasteiger partial charge in [0, 0.05) is 24.7 Å². The number of rotatable bonds is 9. The minimum atomic E-state index is -0.326. The molecular formula is C19H23FN2O4. The van der Waals surface area contributed by atoms with Gasteiger partial charge in [0.1, 0.15) is 29.7 Å². The van der Waals surface area contributed by atoms with Gasteiger partial charge in [-0.15, -0.1) is 0 Å². The fraction of sp³-hybridized carbons (Fsp3) is 0.316. The van der Waals surface area contributed by atoms with Gasteiger partial charge in [0.05, 0.1) is 20.8 Å². The Morgan fingerprint density at radius 3 is 2.23 bits per heavy atom. The van der Waals surface area contributed by atoms with Crippen LogP contribution in [0.2, 0.25) is 0 Å². The molecule has 0 aromatic heterocycles. The van der Waals surface area contributed by atoms with Crippen molar-refractivity contribution in [2.45, 2.75) is 6.42 Å². The zero-order chi connectivity index (χ0) is 18.8. The van der Waals surface area contributed by atoms with Crippen LogP contribution >= 0.6 is 0 Å². The van der Waals surface area contributed by atoms with Crippen LogP contribution in [0.4, 0.5) is 9.18 Å². The smallest absolute Gasteiger partial charge is 0.314 e. The van der Waals surface area contributed by atoms with E-state index in [-0.39, 0.29) is 18.5 Å². The molecule has 140 valence electrons. The van der Waals surface area contributed by atoms with E-state index < -0.39 is 0 Å². The summed E-state index contributed by atoms with van der Waals surface area (Å²) < 4.78 is 29.4. The topological polar surface area (TPSA) is 68.8 Å². The summed E-state index contributed by atoms with van der Waals surface area (Å²) >= 11 is 0. The van der Waals surface area contributed by atoms with E-state index >= 15 is 0 Å². The van der Waals surface area contributed by atoms with Crippen LogP contribution in [0.5, 0.6) is 17.2 Å². The van der Waals surface area contributed by atoms with Crippen molar-refractivity contribution in [3.05, 3.63) is 53.8 Å². The van der Waals surface area contributed by atoms with E-state index in [4.69, 9.17) is 14.2 Å². The quantitative estimate of drug-likeness (QED) is 0.673. The molecule has 2 aromatic rings. The first-order valence-corrected chi connectivity index (χ1v) is 8.23. The first kappa shape index (κ1) is 19.4. The van der Waals surface area contributed by atoms with Gasteiger partial charge in [-0.05, 0) is 18.1 Å². The fourth-order valence-corrected chi connectivity index (χ4v) is 2.27. The normalized spacial score (nSPS) is 10.1. The Labute approximate surface area is 152 Å². The van der Waals surface area contributed by atoms with E-state index in [0.29, 0.717) is 42.3 Å². The standard InChI is InChI=1S/C19H23FN2O4/c1-24-15-11-16(25-2)13-17(12-15)26-10-9-22-19(23)21-8-7-14-5-3-4-6-18(14)20/h3-6,11-13H,7-10H2,1-2H3,(H2,21,22,23). The molecule has 0 heterocycles. The Morgan fingerprint density at radius 2 is 1.58 bits per heavy atom. The third-order valence-corrected chi connectivity index (χ3v) is 3.62. The molecule has 0 atom stereocenters. The van der Waals surface area contributed by atoms with Gasteiger partial charge in [-0.25, -0.2) is 9.18 Å². The number of nitrogens with one attached hydrogen (secondary N) is 2. The summed E-state index contributed by atoms with van der Waals surface area (Å²) in [6, 6.07) is 11.4. The van der Waals surface area contributed by atoms with E-state index in [9.17, 15) is 9.18 Å². The molecule has 26 heavy (non-hydrogen) atoms. The molecule has 0 bridgehead atoms. The van der Waals surface area contributed by atoms with Crippen molar-refractivity contribution in [2.75, 3.05) is 33.9 Å². The zero-order valence-electron chi connectivity index (χ0n) is 14.9. The number of halogens is 1. The molecule has 0 saturated heterocycles. The van der Waals surface area contributed by atoms with E-state index in [2.05, 4.69) is 10.6 Å². The number of hydrogen-bond acceptors (Lipinski definition) is 4. The van der Waals surface area contributed by atoms with Crippen LogP contribution < -0.4 is 24.8 Å². The van der Waals surface area contributed by atoms with Gasteiger partial charge in [-0.2, -0.15) is 0 Å². The summed E-state index contributed by atoms with van der Waals surface area (Å²) in [5.74, 6) is 1.57. The largest absolute Gasteiger partial charge is 0.496 e. The molecule has 2 amide bonds. The number of carbonyl (C=O) groups excluding carboxylic acids is 1. The molecule has 2 rings (SSSR count). The summed E-state index contributed by atoms with van der Waals surface area (Å²) in [5.41, 5.74) is 0.572. The molecule has 2 N–H and O–H groups in total. The average molecular weight is 362 g/mol. The molecular weight excluding hydrogens is 339 g/mol. The lowest BCUT2D eigenvalue weighted by atomic mass is 10.1. The minimum Gasteiger partial charge on any atom is -0.496 e. The highest BCUT2D eigenvalue weighted by Crippen LogP contribution is 2.27. The SMILES string of the molecule is COc1cc(OC)cc(OCCNC(=O)NCCc2ccccc2F)c1. The number of ether oxygens (including phenoxy) is 3. The van der Waals surface area contributed by atoms with Gasteiger partial charge in [-0.3, -0.25) is 0 Å². The maximum atomic E-state index is 13.5. The first-order chi connectivity index (χ1) is 12.6. The lowest BCUT2D eigenvalue weighted by molar-refractivity contribution is 0.236. The highest BCUT2D eigenvalue weighted by molar-refractivity contribution is 5.73. The Morgan fingerprint density at radius 1 is 0.962 bits per heavy atom. The predicted octanol–water partition coefficient (Wildman–Crippen LogP) is 2.76. The van der Waals surface area contributed by atoms with Crippen molar-refractivity contribution in [2.24, 2.45) is 0 Å². The molecule has 0 aliphatic carbocycles. The van der Waals surface area contributed by atoms with Crippen LogP contribution in [0.15, 0.2) is 42.5 Å². The van der Waals surface area contributed by atoms with E-state index in [1.54, 1.807) is 50.6 Å². The Balaban J connectivity index is 1.66. The van der Waals surface area contributed by atoms with Gasteiger partial charge in [0.15, 0.2) is 0 Å². The molecule has 7 heteroatoms. The summed E-state index contributed by atoms with van der Waals surface area (Å²) in [7, 11) is 3.12. The van der Waals surface area contributed by atoms with Crippen LogP contribution in [0.25, 0.3) is 0 Å². The van der Waals surface area contributed by atoms with E-state index in [0.717, 1.165) is 0 Å². The Bertz CT molecular complexity index is 702. The maximum absolute atomic E-state index is 13.5. The second-order valence-electron chi connectivity index (χ2n) is 5.42. The highest BCUT2D eigenvalue weighted by atomic mass is 19.1. The third-order valence-electron chi connectivity index (χ3n) is 3.62. The Kier molecular flexibility index (Phi) is 7.54. The number of benzene rings is 2. The summed E-state index contributed by atoms with van der Waals surface area (Å²) in [4.78, 5) is 11.7. The molecule has 6 nitrogen and oxygen atoms in total. The first-order valence-electron chi connectivity index (χ1n) is 8.23. The van der Waals surface area contributed by atoms with Gasteiger partial charge < -0.3 is 24.8 Å².